The minimum absolute atomic E-state index is 0.146. The number of nitrogens with two attached hydrogens (primary N) is 2. The fourth-order valence-electron chi connectivity index (χ4n) is 2.58. The van der Waals surface area contributed by atoms with Crippen LogP contribution in [0.15, 0.2) is 12.3 Å². The molecule has 2 unspecified atom stereocenters. The van der Waals surface area contributed by atoms with E-state index in [4.69, 9.17) is 20.9 Å². The molecule has 0 radical (unpaired) electrons. The number of ether oxygens (including phenoxy) is 2. The molecule has 0 fully saturated rings. The van der Waals surface area contributed by atoms with Gasteiger partial charge in [-0.15, -0.1) is 0 Å². The number of anilines is 1. The molecule has 6 nitrogen and oxygen atoms in total. The number of hydrogen-bond acceptors (Lipinski definition) is 5. The van der Waals surface area contributed by atoms with Crippen LogP contribution in [0.1, 0.15) is 37.9 Å². The summed E-state index contributed by atoms with van der Waals surface area (Å²) in [5, 5.41) is 0. The van der Waals surface area contributed by atoms with E-state index in [1.807, 2.05) is 26.8 Å². The third-order valence-corrected chi connectivity index (χ3v) is 3.39. The minimum atomic E-state index is -0.785. The van der Waals surface area contributed by atoms with Crippen molar-refractivity contribution in [2.75, 3.05) is 12.3 Å². The Balaban J connectivity index is 2.38. The zero-order valence-electron chi connectivity index (χ0n) is 12.1. The number of primary amides is 1. The highest BCUT2D eigenvalue weighted by atomic mass is 16.6. The lowest BCUT2D eigenvalue weighted by Crippen LogP contribution is -2.42. The summed E-state index contributed by atoms with van der Waals surface area (Å²) < 4.78 is 10.9. The van der Waals surface area contributed by atoms with Gasteiger partial charge < -0.3 is 20.9 Å². The van der Waals surface area contributed by atoms with Crippen LogP contribution in [-0.2, 0) is 16.1 Å². The molecule has 0 spiro atoms. The molecule has 6 heteroatoms. The van der Waals surface area contributed by atoms with Gasteiger partial charge in [-0.1, -0.05) is 20.8 Å². The molecule has 20 heavy (non-hydrogen) atoms. The van der Waals surface area contributed by atoms with Gasteiger partial charge in [-0.2, -0.15) is 0 Å². The molecule has 1 aromatic heterocycles. The Morgan fingerprint density at radius 3 is 2.85 bits per heavy atom. The number of aromatic nitrogens is 1. The van der Waals surface area contributed by atoms with Crippen molar-refractivity contribution in [3.8, 4) is 0 Å². The standard InChI is InChI=1S/C14H21N3O3/c1-14(2,3)12(20-13(16)18)10-7-19-6-8-4-9(15)5-17-11(8)10/h4-5,10,12H,6-7,15H2,1-3H3,(H2,16,18). The molecule has 2 atom stereocenters. The number of fused-ring (bicyclic) bond motifs is 1. The van der Waals surface area contributed by atoms with Gasteiger partial charge in [0.25, 0.3) is 0 Å². The predicted molar refractivity (Wildman–Crippen MR) is 75.0 cm³/mol. The average molecular weight is 279 g/mol. The highest BCUT2D eigenvalue weighted by molar-refractivity contribution is 5.65. The van der Waals surface area contributed by atoms with E-state index in [0.717, 1.165) is 11.3 Å². The quantitative estimate of drug-likeness (QED) is 0.859. The first-order valence-corrected chi connectivity index (χ1v) is 6.57. The number of rotatable bonds is 2. The fourth-order valence-corrected chi connectivity index (χ4v) is 2.58. The van der Waals surface area contributed by atoms with E-state index < -0.39 is 12.2 Å². The van der Waals surface area contributed by atoms with Crippen LogP contribution >= 0.6 is 0 Å². The largest absolute Gasteiger partial charge is 0.445 e. The normalized spacial score (nSPS) is 20.1. The Morgan fingerprint density at radius 1 is 1.55 bits per heavy atom. The lowest BCUT2D eigenvalue weighted by atomic mass is 9.78. The molecule has 0 bridgehead atoms. The van der Waals surface area contributed by atoms with E-state index in [1.165, 1.54) is 0 Å². The van der Waals surface area contributed by atoms with E-state index in [9.17, 15) is 4.79 Å². The average Bonchev–Trinajstić information content (AvgIpc) is 2.33. The third kappa shape index (κ3) is 3.01. The number of amides is 1. The van der Waals surface area contributed by atoms with Gasteiger partial charge in [-0.25, -0.2) is 4.79 Å². The van der Waals surface area contributed by atoms with Crippen LogP contribution < -0.4 is 11.5 Å². The van der Waals surface area contributed by atoms with Crippen molar-refractivity contribution in [1.29, 1.82) is 0 Å². The van der Waals surface area contributed by atoms with E-state index in [-0.39, 0.29) is 11.3 Å². The van der Waals surface area contributed by atoms with Crippen LogP contribution in [0.2, 0.25) is 0 Å². The summed E-state index contributed by atoms with van der Waals surface area (Å²) >= 11 is 0. The Labute approximate surface area is 118 Å². The van der Waals surface area contributed by atoms with Gasteiger partial charge in [-0.05, 0) is 11.5 Å². The first-order chi connectivity index (χ1) is 9.29. The second-order valence-corrected chi connectivity index (χ2v) is 6.16. The molecule has 0 aliphatic carbocycles. The molecule has 1 aliphatic heterocycles. The number of carbonyl (C=O) groups is 1. The van der Waals surface area contributed by atoms with Gasteiger partial charge in [-0.3, -0.25) is 4.98 Å². The Bertz CT molecular complexity index is 511. The molecule has 1 aromatic rings. The SMILES string of the molecule is CC(C)(C)C(OC(N)=O)C1COCc2cc(N)cnc21. The second-order valence-electron chi connectivity index (χ2n) is 6.16. The first-order valence-electron chi connectivity index (χ1n) is 6.57. The molecule has 4 N–H and O–H groups in total. The Kier molecular flexibility index (Phi) is 3.85. The van der Waals surface area contributed by atoms with Crippen LogP contribution in [0.25, 0.3) is 0 Å². The first kappa shape index (κ1) is 14.6. The van der Waals surface area contributed by atoms with Crippen molar-refractivity contribution in [3.05, 3.63) is 23.5 Å². The van der Waals surface area contributed by atoms with E-state index in [0.29, 0.717) is 18.9 Å². The third-order valence-electron chi connectivity index (χ3n) is 3.39. The maximum absolute atomic E-state index is 11.2. The van der Waals surface area contributed by atoms with Gasteiger partial charge in [0, 0.05) is 5.56 Å². The number of nitrogens with zero attached hydrogens (tertiary/aromatic N) is 1. The second kappa shape index (κ2) is 5.28. The number of nitrogen functional groups attached to an aromatic ring is 1. The van der Waals surface area contributed by atoms with Crippen molar-refractivity contribution in [1.82, 2.24) is 4.98 Å². The van der Waals surface area contributed by atoms with Crippen LogP contribution in [0, 0.1) is 5.41 Å². The van der Waals surface area contributed by atoms with E-state index in [1.54, 1.807) is 6.20 Å². The monoisotopic (exact) mass is 279 g/mol. The lowest BCUT2D eigenvalue weighted by molar-refractivity contribution is -0.0217. The summed E-state index contributed by atoms with van der Waals surface area (Å²) in [6.07, 6.45) is 0.420. The highest BCUT2D eigenvalue weighted by Gasteiger charge is 2.39. The zero-order chi connectivity index (χ0) is 14.9. The van der Waals surface area contributed by atoms with Crippen LogP contribution in [0.4, 0.5) is 10.5 Å². The van der Waals surface area contributed by atoms with Gasteiger partial charge in [0.2, 0.25) is 0 Å². The Hall–Kier alpha value is -1.82. The minimum Gasteiger partial charge on any atom is -0.445 e. The molecule has 2 heterocycles. The molecule has 0 saturated heterocycles. The summed E-state index contributed by atoms with van der Waals surface area (Å²) in [5.41, 5.74) is 13.1. The molecule has 2 rings (SSSR count). The molecular weight excluding hydrogens is 258 g/mol. The van der Waals surface area contributed by atoms with Crippen molar-refractivity contribution >= 4 is 11.8 Å². The fraction of sp³-hybridized carbons (Fsp3) is 0.571. The molecule has 1 amide bonds. The molecule has 110 valence electrons. The van der Waals surface area contributed by atoms with Crippen molar-refractivity contribution in [2.24, 2.45) is 11.1 Å². The predicted octanol–water partition coefficient (Wildman–Crippen LogP) is 1.79. The van der Waals surface area contributed by atoms with Gasteiger partial charge in [0.15, 0.2) is 0 Å². The number of hydrogen-bond donors (Lipinski definition) is 2. The van der Waals surface area contributed by atoms with Gasteiger partial charge in [0.05, 0.1) is 36.7 Å². The van der Waals surface area contributed by atoms with Crippen molar-refractivity contribution < 1.29 is 14.3 Å². The lowest BCUT2D eigenvalue weighted by Gasteiger charge is -2.38. The van der Waals surface area contributed by atoms with E-state index >= 15 is 0 Å². The maximum atomic E-state index is 11.2. The summed E-state index contributed by atoms with van der Waals surface area (Å²) in [5.74, 6) is -0.146. The molecule has 0 saturated carbocycles. The van der Waals surface area contributed by atoms with Gasteiger partial charge in [0.1, 0.15) is 6.10 Å². The van der Waals surface area contributed by atoms with Crippen LogP contribution in [0.3, 0.4) is 0 Å². The maximum Gasteiger partial charge on any atom is 0.404 e. The molecule has 0 aromatic carbocycles. The molecular formula is C14H21N3O3. The van der Waals surface area contributed by atoms with Gasteiger partial charge >= 0.3 is 6.09 Å². The van der Waals surface area contributed by atoms with Crippen LogP contribution in [0.5, 0.6) is 0 Å². The summed E-state index contributed by atoms with van der Waals surface area (Å²) in [6, 6.07) is 1.85. The smallest absolute Gasteiger partial charge is 0.404 e. The number of carbonyl (C=O) groups excluding carboxylic acids is 1. The summed E-state index contributed by atoms with van der Waals surface area (Å²) in [7, 11) is 0. The number of pyridine rings is 1. The highest BCUT2D eigenvalue weighted by Crippen LogP contribution is 2.37. The zero-order valence-corrected chi connectivity index (χ0v) is 12.1. The van der Waals surface area contributed by atoms with Crippen molar-refractivity contribution in [2.45, 2.75) is 39.4 Å². The topological polar surface area (TPSA) is 100 Å². The summed E-state index contributed by atoms with van der Waals surface area (Å²) in [6.45, 7) is 6.89. The molecule has 1 aliphatic rings. The Morgan fingerprint density at radius 2 is 2.25 bits per heavy atom. The van der Waals surface area contributed by atoms with E-state index in [2.05, 4.69) is 4.98 Å². The van der Waals surface area contributed by atoms with Crippen molar-refractivity contribution in [3.63, 3.8) is 0 Å². The van der Waals surface area contributed by atoms with Crippen LogP contribution in [-0.4, -0.2) is 23.8 Å². The summed E-state index contributed by atoms with van der Waals surface area (Å²) in [4.78, 5) is 15.6.